The Kier molecular flexibility index (Phi) is 7.71. The molecule has 29 heavy (non-hydrogen) atoms. The largest absolute Gasteiger partial charge is 0.491 e. The van der Waals surface area contributed by atoms with Crippen LogP contribution in [-0.4, -0.2) is 60.7 Å². The Morgan fingerprint density at radius 3 is 2.79 bits per heavy atom. The van der Waals surface area contributed by atoms with E-state index in [1.165, 1.54) is 0 Å². The van der Waals surface area contributed by atoms with E-state index in [0.717, 1.165) is 25.0 Å². The molecule has 0 spiro atoms. The first kappa shape index (κ1) is 20.9. The zero-order valence-electron chi connectivity index (χ0n) is 16.5. The van der Waals surface area contributed by atoms with Crippen molar-refractivity contribution in [3.8, 4) is 17.1 Å². The van der Waals surface area contributed by atoms with Crippen molar-refractivity contribution >= 4 is 5.91 Å². The third-order valence-electron chi connectivity index (χ3n) is 4.59. The number of aromatic nitrogens is 3. The molecular weight excluding hydrogens is 376 g/mol. The van der Waals surface area contributed by atoms with Gasteiger partial charge in [0.15, 0.2) is 5.82 Å². The van der Waals surface area contributed by atoms with Crippen molar-refractivity contribution in [1.29, 1.82) is 0 Å². The van der Waals surface area contributed by atoms with Gasteiger partial charge in [0.05, 0.1) is 12.7 Å². The topological polar surface area (TPSA) is 115 Å². The normalized spacial score (nSPS) is 16.0. The summed E-state index contributed by atoms with van der Waals surface area (Å²) >= 11 is 0. The summed E-state index contributed by atoms with van der Waals surface area (Å²) in [7, 11) is 1.61. The number of rotatable bonds is 10. The van der Waals surface area contributed by atoms with Crippen LogP contribution in [0.1, 0.15) is 25.0 Å². The molecule has 9 nitrogen and oxygen atoms in total. The van der Waals surface area contributed by atoms with Gasteiger partial charge in [0.1, 0.15) is 18.1 Å². The third kappa shape index (κ3) is 6.37. The van der Waals surface area contributed by atoms with Crippen LogP contribution >= 0.6 is 0 Å². The Balaban J connectivity index is 1.51. The van der Waals surface area contributed by atoms with Crippen molar-refractivity contribution in [3.63, 3.8) is 0 Å². The lowest BCUT2D eigenvalue weighted by Gasteiger charge is -2.10. The van der Waals surface area contributed by atoms with Gasteiger partial charge in [-0.1, -0.05) is 0 Å². The molecule has 0 radical (unpaired) electrons. The molecule has 2 N–H and O–H groups in total. The summed E-state index contributed by atoms with van der Waals surface area (Å²) in [4.78, 5) is 27.0. The van der Waals surface area contributed by atoms with Gasteiger partial charge in [-0.15, -0.1) is 10.2 Å². The van der Waals surface area contributed by atoms with Gasteiger partial charge in [-0.3, -0.25) is 9.59 Å². The van der Waals surface area contributed by atoms with Gasteiger partial charge >= 0.3 is 0 Å². The van der Waals surface area contributed by atoms with Crippen LogP contribution in [0.15, 0.2) is 29.1 Å². The summed E-state index contributed by atoms with van der Waals surface area (Å²) < 4.78 is 15.9. The average Bonchev–Trinajstić information content (AvgIpc) is 3.26. The molecule has 9 heteroatoms. The summed E-state index contributed by atoms with van der Waals surface area (Å²) in [6, 6.07) is 7.16. The molecule has 1 unspecified atom stereocenters. The lowest BCUT2D eigenvalue weighted by Crippen LogP contribution is -2.32. The number of hydrogen-bond donors (Lipinski definition) is 2. The maximum absolute atomic E-state index is 12.3. The van der Waals surface area contributed by atoms with E-state index in [2.05, 4.69) is 20.5 Å². The highest BCUT2D eigenvalue weighted by atomic mass is 16.5. The van der Waals surface area contributed by atoms with Gasteiger partial charge < -0.3 is 24.5 Å². The van der Waals surface area contributed by atoms with Gasteiger partial charge in [-0.25, -0.2) is 0 Å². The standard InChI is InChI=1S/C20H26N4O5/c1-27-11-12-29-15-6-4-14(5-7-15)19-22-20(26)17(23-24-19)8-9-18(25)21-13-16-3-2-10-28-16/h4-7,16H,2-3,8-13H2,1H3,(H,21,25)(H,22,24,26). The molecule has 1 fully saturated rings. The molecule has 1 amide bonds. The van der Waals surface area contributed by atoms with E-state index in [-0.39, 0.29) is 36.1 Å². The molecule has 0 bridgehead atoms. The number of hydrogen-bond acceptors (Lipinski definition) is 7. The van der Waals surface area contributed by atoms with Crippen molar-refractivity contribution in [2.75, 3.05) is 33.5 Å². The van der Waals surface area contributed by atoms with Crippen LogP contribution < -0.4 is 15.6 Å². The number of benzene rings is 1. The molecule has 2 heterocycles. The van der Waals surface area contributed by atoms with Crippen LogP contribution in [0.2, 0.25) is 0 Å². The molecule has 1 saturated heterocycles. The molecule has 3 rings (SSSR count). The SMILES string of the molecule is COCCOc1ccc(-c2nnc(CCC(=O)NCC3CCCO3)c(=O)[nH]2)cc1. The van der Waals surface area contributed by atoms with Crippen molar-refractivity contribution in [3.05, 3.63) is 40.3 Å². The zero-order chi connectivity index (χ0) is 20.5. The molecule has 1 aliphatic heterocycles. The van der Waals surface area contributed by atoms with Crippen LogP contribution in [-0.2, 0) is 20.7 Å². The van der Waals surface area contributed by atoms with E-state index < -0.39 is 0 Å². The Morgan fingerprint density at radius 1 is 1.28 bits per heavy atom. The summed E-state index contributed by atoms with van der Waals surface area (Å²) in [6.07, 6.45) is 2.50. The molecule has 1 aliphatic rings. The molecule has 0 saturated carbocycles. The Hall–Kier alpha value is -2.78. The fourth-order valence-electron chi connectivity index (χ4n) is 2.96. The Labute approximate surface area is 168 Å². The maximum Gasteiger partial charge on any atom is 0.273 e. The second-order valence-corrected chi connectivity index (χ2v) is 6.75. The zero-order valence-corrected chi connectivity index (χ0v) is 16.5. The molecule has 2 aromatic rings. The van der Waals surface area contributed by atoms with Crippen molar-refractivity contribution in [2.45, 2.75) is 31.8 Å². The third-order valence-corrected chi connectivity index (χ3v) is 4.59. The maximum atomic E-state index is 12.3. The second-order valence-electron chi connectivity index (χ2n) is 6.75. The van der Waals surface area contributed by atoms with Crippen LogP contribution in [0.5, 0.6) is 5.75 Å². The van der Waals surface area contributed by atoms with E-state index in [0.29, 0.717) is 31.3 Å². The number of ether oxygens (including phenoxy) is 3. The van der Waals surface area contributed by atoms with Crippen molar-refractivity contribution in [1.82, 2.24) is 20.5 Å². The number of nitrogens with one attached hydrogen (secondary N) is 2. The predicted molar refractivity (Wildman–Crippen MR) is 106 cm³/mol. The van der Waals surface area contributed by atoms with Crippen LogP contribution in [0.4, 0.5) is 0 Å². The van der Waals surface area contributed by atoms with Gasteiger partial charge in [-0.2, -0.15) is 0 Å². The first-order valence-corrected chi connectivity index (χ1v) is 9.72. The molecular formula is C20H26N4O5. The highest BCUT2D eigenvalue weighted by Gasteiger charge is 2.16. The second kappa shape index (κ2) is 10.7. The highest BCUT2D eigenvalue weighted by Crippen LogP contribution is 2.18. The Morgan fingerprint density at radius 2 is 2.10 bits per heavy atom. The molecule has 1 aromatic heterocycles. The number of carbonyl (C=O) groups excluding carboxylic acids is 1. The van der Waals surface area contributed by atoms with Crippen LogP contribution in [0.3, 0.4) is 0 Å². The van der Waals surface area contributed by atoms with E-state index in [9.17, 15) is 9.59 Å². The van der Waals surface area contributed by atoms with E-state index in [4.69, 9.17) is 14.2 Å². The highest BCUT2D eigenvalue weighted by molar-refractivity contribution is 5.76. The molecule has 1 atom stereocenters. The van der Waals surface area contributed by atoms with E-state index in [1.54, 1.807) is 31.4 Å². The Bertz CT molecular complexity index is 847. The van der Waals surface area contributed by atoms with Gasteiger partial charge in [0.2, 0.25) is 5.91 Å². The van der Waals surface area contributed by atoms with Crippen molar-refractivity contribution < 1.29 is 19.0 Å². The summed E-state index contributed by atoms with van der Waals surface area (Å²) in [5.41, 5.74) is 0.609. The minimum atomic E-state index is -0.345. The summed E-state index contributed by atoms with van der Waals surface area (Å²) in [6.45, 7) is 2.23. The number of nitrogens with zero attached hydrogens (tertiary/aromatic N) is 2. The number of methoxy groups -OCH3 is 1. The summed E-state index contributed by atoms with van der Waals surface area (Å²) in [5.74, 6) is 0.937. The number of carbonyl (C=O) groups is 1. The fraction of sp³-hybridized carbons (Fsp3) is 0.500. The minimum absolute atomic E-state index is 0.0956. The number of aryl methyl sites for hydroxylation is 1. The van der Waals surface area contributed by atoms with Gasteiger partial charge in [0.25, 0.3) is 5.56 Å². The van der Waals surface area contributed by atoms with E-state index in [1.807, 2.05) is 0 Å². The van der Waals surface area contributed by atoms with Gasteiger partial charge in [0, 0.05) is 38.7 Å². The average molecular weight is 402 g/mol. The molecule has 156 valence electrons. The van der Waals surface area contributed by atoms with E-state index >= 15 is 0 Å². The lowest BCUT2D eigenvalue weighted by molar-refractivity contribution is -0.121. The van der Waals surface area contributed by atoms with Crippen LogP contribution in [0, 0.1) is 0 Å². The number of aromatic amines is 1. The molecule has 1 aromatic carbocycles. The minimum Gasteiger partial charge on any atom is -0.491 e. The van der Waals surface area contributed by atoms with Crippen LogP contribution in [0.25, 0.3) is 11.4 Å². The summed E-state index contributed by atoms with van der Waals surface area (Å²) in [5, 5.41) is 10.9. The number of H-pyrrole nitrogens is 1. The monoisotopic (exact) mass is 402 g/mol. The van der Waals surface area contributed by atoms with Gasteiger partial charge in [-0.05, 0) is 37.1 Å². The first-order valence-electron chi connectivity index (χ1n) is 9.72. The smallest absolute Gasteiger partial charge is 0.273 e. The quantitative estimate of drug-likeness (QED) is 0.572. The van der Waals surface area contributed by atoms with Crippen molar-refractivity contribution in [2.24, 2.45) is 0 Å². The molecule has 0 aliphatic carbocycles. The number of amides is 1. The fourth-order valence-corrected chi connectivity index (χ4v) is 2.96. The lowest BCUT2D eigenvalue weighted by atomic mass is 10.2. The first-order chi connectivity index (χ1) is 14.2. The predicted octanol–water partition coefficient (Wildman–Crippen LogP) is 1.08.